The highest BCUT2D eigenvalue weighted by molar-refractivity contribution is 7.90. The molecule has 1 rings (SSSR count). The molecule has 0 aliphatic carbocycles. The number of anilines is 2. The van der Waals surface area contributed by atoms with Crippen molar-refractivity contribution < 1.29 is 13.3 Å². The van der Waals surface area contributed by atoms with Crippen molar-refractivity contribution in [3.63, 3.8) is 0 Å². The number of rotatable bonds is 7. The Morgan fingerprint density at radius 3 is 2.63 bits per heavy atom. The van der Waals surface area contributed by atoms with Gasteiger partial charge in [0.1, 0.15) is 15.7 Å². The van der Waals surface area contributed by atoms with Crippen LogP contribution in [-0.2, 0) is 9.84 Å². The average molecular weight is 288 g/mol. The molecule has 8 nitrogen and oxygen atoms in total. The van der Waals surface area contributed by atoms with Crippen LogP contribution in [0.25, 0.3) is 0 Å². The minimum absolute atomic E-state index is 0.0273. The Hall–Kier alpha value is -1.90. The third-order valence-corrected chi connectivity index (χ3v) is 3.34. The number of hydrogen-bond donors (Lipinski definition) is 2. The highest BCUT2D eigenvalue weighted by Crippen LogP contribution is 2.23. The normalized spacial score (nSPS) is 11.1. The Morgan fingerprint density at radius 1 is 1.42 bits per heavy atom. The second kappa shape index (κ2) is 6.32. The van der Waals surface area contributed by atoms with Crippen LogP contribution in [0.15, 0.2) is 12.1 Å². The molecule has 0 spiro atoms. The number of nitro groups is 1. The van der Waals surface area contributed by atoms with Gasteiger partial charge in [-0.05, 0) is 12.5 Å². The van der Waals surface area contributed by atoms with Crippen LogP contribution in [0.4, 0.5) is 17.3 Å². The van der Waals surface area contributed by atoms with Gasteiger partial charge in [0.15, 0.2) is 0 Å². The first-order valence-corrected chi connectivity index (χ1v) is 7.64. The van der Waals surface area contributed by atoms with Crippen molar-refractivity contribution in [1.82, 2.24) is 4.98 Å². The van der Waals surface area contributed by atoms with Gasteiger partial charge < -0.3 is 10.6 Å². The molecule has 0 saturated heterocycles. The Bertz CT molecular complexity index is 559. The number of nitrogens with zero attached hydrogens (tertiary/aromatic N) is 2. The summed E-state index contributed by atoms with van der Waals surface area (Å²) in [5, 5.41) is 16.4. The van der Waals surface area contributed by atoms with E-state index in [1.807, 2.05) is 0 Å². The molecule has 0 amide bonds. The minimum Gasteiger partial charge on any atom is -0.373 e. The van der Waals surface area contributed by atoms with Crippen LogP contribution in [0, 0.1) is 10.1 Å². The van der Waals surface area contributed by atoms with Gasteiger partial charge in [0.25, 0.3) is 0 Å². The summed E-state index contributed by atoms with van der Waals surface area (Å²) in [7, 11) is -1.37. The number of pyridine rings is 1. The highest BCUT2D eigenvalue weighted by atomic mass is 32.2. The van der Waals surface area contributed by atoms with Crippen molar-refractivity contribution >= 4 is 27.2 Å². The van der Waals surface area contributed by atoms with Crippen molar-refractivity contribution in [2.75, 3.05) is 36.2 Å². The number of aromatic nitrogens is 1. The summed E-state index contributed by atoms with van der Waals surface area (Å²) in [4.78, 5) is 14.3. The molecule has 0 aliphatic heterocycles. The van der Waals surface area contributed by atoms with E-state index in [1.165, 1.54) is 12.1 Å². The third kappa shape index (κ3) is 5.08. The summed E-state index contributed by atoms with van der Waals surface area (Å²) in [5.41, 5.74) is -0.140. The second-order valence-corrected chi connectivity index (χ2v) is 6.24. The molecular weight excluding hydrogens is 272 g/mol. The minimum atomic E-state index is -3.02. The summed E-state index contributed by atoms with van der Waals surface area (Å²) < 4.78 is 21.9. The lowest BCUT2D eigenvalue weighted by molar-refractivity contribution is -0.384. The van der Waals surface area contributed by atoms with E-state index in [-0.39, 0.29) is 17.3 Å². The first-order chi connectivity index (χ1) is 8.83. The summed E-state index contributed by atoms with van der Waals surface area (Å²) >= 11 is 0. The van der Waals surface area contributed by atoms with Gasteiger partial charge in [0.05, 0.1) is 10.7 Å². The molecule has 0 atom stereocenters. The summed E-state index contributed by atoms with van der Waals surface area (Å²) in [6, 6.07) is 2.84. The van der Waals surface area contributed by atoms with Gasteiger partial charge in [-0.2, -0.15) is 0 Å². The Labute approximate surface area is 111 Å². The zero-order valence-electron chi connectivity index (χ0n) is 10.7. The van der Waals surface area contributed by atoms with Gasteiger partial charge in [-0.25, -0.2) is 13.4 Å². The van der Waals surface area contributed by atoms with E-state index in [0.717, 1.165) is 6.26 Å². The fourth-order valence-corrected chi connectivity index (χ4v) is 2.08. The molecule has 1 aromatic rings. The Kier molecular flexibility index (Phi) is 5.04. The van der Waals surface area contributed by atoms with Crippen molar-refractivity contribution in [2.24, 2.45) is 0 Å². The van der Waals surface area contributed by atoms with E-state index >= 15 is 0 Å². The number of hydrogen-bond acceptors (Lipinski definition) is 7. The van der Waals surface area contributed by atoms with Crippen LogP contribution in [-0.4, -0.2) is 43.9 Å². The van der Waals surface area contributed by atoms with E-state index in [0.29, 0.717) is 18.8 Å². The molecule has 1 aromatic heterocycles. The molecule has 2 N–H and O–H groups in total. The highest BCUT2D eigenvalue weighted by Gasteiger charge is 2.15. The summed E-state index contributed by atoms with van der Waals surface area (Å²) in [6.45, 7) is 0.300. The number of sulfone groups is 1. The molecule has 0 saturated carbocycles. The van der Waals surface area contributed by atoms with Gasteiger partial charge in [-0.3, -0.25) is 10.1 Å². The molecule has 106 valence electrons. The van der Waals surface area contributed by atoms with E-state index in [2.05, 4.69) is 15.6 Å². The van der Waals surface area contributed by atoms with E-state index in [1.54, 1.807) is 7.05 Å². The Balaban J connectivity index is 2.72. The molecule has 19 heavy (non-hydrogen) atoms. The second-order valence-electron chi connectivity index (χ2n) is 3.98. The zero-order valence-corrected chi connectivity index (χ0v) is 11.5. The van der Waals surface area contributed by atoms with Gasteiger partial charge in [0, 0.05) is 25.9 Å². The lowest BCUT2D eigenvalue weighted by Gasteiger charge is -2.07. The number of nitrogens with one attached hydrogen (secondary N) is 2. The summed E-state index contributed by atoms with van der Waals surface area (Å²) in [6.07, 6.45) is 1.51. The zero-order chi connectivity index (χ0) is 14.5. The fraction of sp³-hybridized carbons (Fsp3) is 0.500. The van der Waals surface area contributed by atoms with Crippen LogP contribution in [0.5, 0.6) is 0 Å². The maximum atomic E-state index is 11.0. The molecular formula is C10H16N4O4S. The van der Waals surface area contributed by atoms with Crippen LogP contribution in [0.1, 0.15) is 6.42 Å². The molecule has 0 fully saturated rings. The summed E-state index contributed by atoms with van der Waals surface area (Å²) in [5.74, 6) is 0.654. The van der Waals surface area contributed by atoms with E-state index < -0.39 is 14.8 Å². The molecule has 0 bridgehead atoms. The van der Waals surface area contributed by atoms with Crippen molar-refractivity contribution in [3.8, 4) is 0 Å². The predicted octanol–water partition coefficient (Wildman–Crippen LogP) is 0.878. The molecule has 1 heterocycles. The standard InChI is InChI=1S/C10H16N4O4S/c1-11-9-5-4-8(14(15)16)10(13-9)12-6-3-7-19(2,17)18/h4-5H,3,6-7H2,1-2H3,(H2,11,12,13). The SMILES string of the molecule is CNc1ccc([N+](=O)[O-])c(NCCCS(C)(=O)=O)n1. The van der Waals surface area contributed by atoms with Crippen LogP contribution in [0.3, 0.4) is 0 Å². The van der Waals surface area contributed by atoms with Gasteiger partial charge >= 0.3 is 5.69 Å². The van der Waals surface area contributed by atoms with Gasteiger partial charge in [-0.1, -0.05) is 0 Å². The lowest BCUT2D eigenvalue weighted by atomic mass is 10.3. The maximum absolute atomic E-state index is 11.0. The first kappa shape index (κ1) is 15.2. The smallest absolute Gasteiger partial charge is 0.311 e. The lowest BCUT2D eigenvalue weighted by Crippen LogP contribution is -2.12. The molecule has 9 heteroatoms. The van der Waals surface area contributed by atoms with Crippen molar-refractivity contribution in [2.45, 2.75) is 6.42 Å². The first-order valence-electron chi connectivity index (χ1n) is 5.58. The van der Waals surface area contributed by atoms with Gasteiger partial charge in [0.2, 0.25) is 5.82 Å². The molecule has 0 aromatic carbocycles. The van der Waals surface area contributed by atoms with Crippen molar-refractivity contribution in [3.05, 3.63) is 22.2 Å². The fourth-order valence-electron chi connectivity index (χ4n) is 1.41. The van der Waals surface area contributed by atoms with E-state index in [9.17, 15) is 18.5 Å². The quantitative estimate of drug-likeness (QED) is 0.435. The van der Waals surface area contributed by atoms with Crippen molar-refractivity contribution in [1.29, 1.82) is 0 Å². The Morgan fingerprint density at radius 2 is 2.11 bits per heavy atom. The molecule has 0 aliphatic rings. The predicted molar refractivity (Wildman–Crippen MR) is 73.3 cm³/mol. The largest absolute Gasteiger partial charge is 0.373 e. The van der Waals surface area contributed by atoms with Gasteiger partial charge in [-0.15, -0.1) is 0 Å². The van der Waals surface area contributed by atoms with Crippen LogP contribution >= 0.6 is 0 Å². The maximum Gasteiger partial charge on any atom is 0.311 e. The van der Waals surface area contributed by atoms with E-state index in [4.69, 9.17) is 0 Å². The molecule has 0 radical (unpaired) electrons. The molecule has 0 unspecified atom stereocenters. The van der Waals surface area contributed by atoms with Crippen LogP contribution in [0.2, 0.25) is 0 Å². The average Bonchev–Trinajstić information content (AvgIpc) is 2.33. The topological polar surface area (TPSA) is 114 Å². The van der Waals surface area contributed by atoms with Crippen LogP contribution < -0.4 is 10.6 Å². The third-order valence-electron chi connectivity index (χ3n) is 2.31. The monoisotopic (exact) mass is 288 g/mol.